The molecule has 4 saturated carbocycles. The lowest BCUT2D eigenvalue weighted by Gasteiger charge is -2.35. The second-order valence-corrected chi connectivity index (χ2v) is 15.0. The fourth-order valence-electron chi connectivity index (χ4n) is 7.69. The van der Waals surface area contributed by atoms with Crippen LogP contribution in [0.3, 0.4) is 0 Å². The van der Waals surface area contributed by atoms with Crippen molar-refractivity contribution >= 4 is 17.8 Å². The number of ether oxygens (including phenoxy) is 2. The number of rotatable bonds is 15. The molecule has 13 nitrogen and oxygen atoms in total. The highest BCUT2D eigenvalue weighted by Gasteiger charge is 2.44. The number of hydrogen-bond acceptors (Lipinski definition) is 9. The van der Waals surface area contributed by atoms with Crippen molar-refractivity contribution in [3.63, 3.8) is 0 Å². The van der Waals surface area contributed by atoms with E-state index in [9.17, 15) is 34.7 Å². The number of aliphatic carboxylic acids is 2. The van der Waals surface area contributed by atoms with Gasteiger partial charge in [-0.25, -0.2) is 0 Å². The molecule has 4 rings (SSSR count). The van der Waals surface area contributed by atoms with Crippen LogP contribution in [0.15, 0.2) is 0 Å². The van der Waals surface area contributed by atoms with E-state index in [1.807, 2.05) is 0 Å². The van der Waals surface area contributed by atoms with Crippen molar-refractivity contribution in [2.45, 2.75) is 140 Å². The largest absolute Gasteiger partial charge is 0.481 e. The van der Waals surface area contributed by atoms with Crippen LogP contribution in [-0.4, -0.2) is 83.1 Å². The second-order valence-electron chi connectivity index (χ2n) is 15.0. The van der Waals surface area contributed by atoms with Crippen molar-refractivity contribution in [2.75, 3.05) is 19.8 Å². The van der Waals surface area contributed by atoms with Crippen LogP contribution in [-0.2, 0) is 28.7 Å². The first kappa shape index (κ1) is 36.5. The quantitative estimate of drug-likeness (QED) is 0.145. The molecule has 0 saturated heterocycles. The van der Waals surface area contributed by atoms with E-state index in [1.54, 1.807) is 0 Å². The first-order chi connectivity index (χ1) is 21.9. The molecule has 46 heavy (non-hydrogen) atoms. The van der Waals surface area contributed by atoms with Gasteiger partial charge in [0, 0.05) is 35.3 Å². The van der Waals surface area contributed by atoms with Crippen LogP contribution in [0.25, 0.3) is 0 Å². The third-order valence-electron chi connectivity index (χ3n) is 10.7. The molecule has 4 aliphatic rings. The van der Waals surface area contributed by atoms with Crippen LogP contribution >= 0.6 is 0 Å². The molecular formula is C33H55N3O10. The molecule has 5 unspecified atom stereocenters. The molecule has 4 fully saturated rings. The van der Waals surface area contributed by atoms with Gasteiger partial charge in [0.1, 0.15) is 0 Å². The molecule has 0 spiro atoms. The van der Waals surface area contributed by atoms with E-state index in [-0.39, 0.29) is 66.7 Å². The normalized spacial score (nSPS) is 34.0. The van der Waals surface area contributed by atoms with Crippen LogP contribution in [0.5, 0.6) is 0 Å². The summed E-state index contributed by atoms with van der Waals surface area (Å²) >= 11 is 0. The van der Waals surface area contributed by atoms with Gasteiger partial charge in [0.2, 0.25) is 11.9 Å². The van der Waals surface area contributed by atoms with Gasteiger partial charge >= 0.3 is 11.9 Å². The summed E-state index contributed by atoms with van der Waals surface area (Å²) in [6.45, 7) is 5.89. The number of carbonyl (C=O) groups is 3. The highest BCUT2D eigenvalue weighted by molar-refractivity contribution is 5.85. The van der Waals surface area contributed by atoms with E-state index in [1.165, 1.54) is 0 Å². The Morgan fingerprint density at radius 1 is 0.761 bits per heavy atom. The van der Waals surface area contributed by atoms with Gasteiger partial charge in [-0.3, -0.25) is 24.5 Å². The molecule has 0 aliphatic heterocycles. The smallest absolute Gasteiger partial charge is 0.307 e. The molecule has 0 radical (unpaired) electrons. The summed E-state index contributed by atoms with van der Waals surface area (Å²) in [6.07, 6.45) is 11.2. The number of hydrogen-bond donors (Lipinski definition) is 4. The Kier molecular flexibility index (Phi) is 13.6. The van der Waals surface area contributed by atoms with Crippen molar-refractivity contribution in [3.8, 4) is 0 Å². The van der Waals surface area contributed by atoms with Crippen molar-refractivity contribution in [2.24, 2.45) is 29.1 Å². The average Bonchev–Trinajstić information content (AvgIpc) is 3.04. The van der Waals surface area contributed by atoms with E-state index in [2.05, 4.69) is 24.6 Å². The fourth-order valence-corrected chi connectivity index (χ4v) is 7.69. The third kappa shape index (κ3) is 10.8. The number of hydroxylamine groups is 1. The van der Waals surface area contributed by atoms with Gasteiger partial charge in [-0.05, 0) is 76.5 Å². The number of carboxylic acid groups (broad SMARTS) is 2. The zero-order valence-electron chi connectivity index (χ0n) is 27.5. The minimum absolute atomic E-state index is 0.0460. The van der Waals surface area contributed by atoms with Gasteiger partial charge in [0.15, 0.2) is 0 Å². The van der Waals surface area contributed by atoms with E-state index < -0.39 is 34.7 Å². The topological polar surface area (TPSA) is 187 Å². The van der Waals surface area contributed by atoms with Crippen LogP contribution in [0.4, 0.5) is 0 Å². The summed E-state index contributed by atoms with van der Waals surface area (Å²) in [6, 6.07) is -0.695. The van der Waals surface area contributed by atoms with E-state index in [0.29, 0.717) is 19.8 Å². The summed E-state index contributed by atoms with van der Waals surface area (Å²) in [4.78, 5) is 52.7. The Hall–Kier alpha value is -2.35. The Morgan fingerprint density at radius 3 is 1.89 bits per heavy atom. The molecule has 0 aromatic rings. The molecule has 0 aromatic carbocycles. The Labute approximate surface area is 272 Å². The molecule has 0 heterocycles. The molecule has 1 amide bonds. The standard InChI is InChI=1S/C33H55N3O10/c1-33(2,20-45-26-14-9-23(10-15-26)35-46-18-21-5-3-4-6-27(21)31(38)39)19-44-25-12-7-22(8-13-25)34-30(37)28-16-11-24(36(42)43)17-29(28)32(40)41/h21-29,35H,3-20H2,1-2H3,(H,34,37)(H,38,39)(H,40,41). The number of nitrogens with one attached hydrogen (secondary N) is 2. The molecule has 4 N–H and O–H groups in total. The van der Waals surface area contributed by atoms with Gasteiger partial charge < -0.3 is 29.8 Å². The number of carbonyl (C=O) groups excluding carboxylic acids is 1. The van der Waals surface area contributed by atoms with Crippen LogP contribution < -0.4 is 10.8 Å². The molecule has 13 heteroatoms. The van der Waals surface area contributed by atoms with E-state index >= 15 is 0 Å². The Bertz CT molecular complexity index is 1030. The Morgan fingerprint density at radius 2 is 1.33 bits per heavy atom. The lowest BCUT2D eigenvalue weighted by molar-refractivity contribution is -0.528. The van der Waals surface area contributed by atoms with Gasteiger partial charge in [0.25, 0.3) is 0 Å². The van der Waals surface area contributed by atoms with Crippen molar-refractivity contribution in [3.05, 3.63) is 10.1 Å². The summed E-state index contributed by atoms with van der Waals surface area (Å²) in [5.41, 5.74) is 3.03. The number of carboxylic acids is 2. The lowest BCUT2D eigenvalue weighted by Crippen LogP contribution is -2.48. The Balaban J connectivity index is 1.07. The monoisotopic (exact) mass is 653 g/mol. The van der Waals surface area contributed by atoms with Crippen LogP contribution in [0.2, 0.25) is 0 Å². The zero-order valence-corrected chi connectivity index (χ0v) is 27.5. The summed E-state index contributed by atoms with van der Waals surface area (Å²) < 4.78 is 12.6. The zero-order chi connectivity index (χ0) is 33.3. The van der Waals surface area contributed by atoms with E-state index in [0.717, 1.165) is 77.0 Å². The molecule has 262 valence electrons. The minimum atomic E-state index is -1.15. The number of nitro groups is 1. The summed E-state index contributed by atoms with van der Waals surface area (Å²) in [5, 5.41) is 33.2. The van der Waals surface area contributed by atoms with Gasteiger partial charge in [0.05, 0.1) is 49.8 Å². The van der Waals surface area contributed by atoms with Gasteiger partial charge in [-0.2, -0.15) is 5.48 Å². The molecular weight excluding hydrogens is 598 g/mol. The second kappa shape index (κ2) is 17.2. The number of nitrogens with zero attached hydrogens (tertiary/aromatic N) is 1. The number of amides is 1. The first-order valence-corrected chi connectivity index (χ1v) is 17.4. The SMILES string of the molecule is CC(C)(COC1CCC(NOCC2CCCCC2C(=O)O)CC1)COC1CCC(NC(=O)C2CCC([N+](=O)[O-])CC2C(=O)O)CC1. The van der Waals surface area contributed by atoms with E-state index in [4.69, 9.17) is 14.3 Å². The predicted octanol–water partition coefficient (Wildman–Crippen LogP) is 4.34. The van der Waals surface area contributed by atoms with Gasteiger partial charge in [-0.15, -0.1) is 0 Å². The van der Waals surface area contributed by atoms with Crippen molar-refractivity contribution in [1.82, 2.24) is 10.8 Å². The molecule has 4 aliphatic carbocycles. The minimum Gasteiger partial charge on any atom is -0.481 e. The lowest BCUT2D eigenvalue weighted by atomic mass is 9.76. The van der Waals surface area contributed by atoms with Crippen LogP contribution in [0.1, 0.15) is 110 Å². The third-order valence-corrected chi connectivity index (χ3v) is 10.7. The molecule has 5 atom stereocenters. The molecule has 0 bridgehead atoms. The van der Waals surface area contributed by atoms with Crippen molar-refractivity contribution in [1.29, 1.82) is 0 Å². The maximum Gasteiger partial charge on any atom is 0.307 e. The fraction of sp³-hybridized carbons (Fsp3) is 0.909. The van der Waals surface area contributed by atoms with Crippen LogP contribution in [0, 0.1) is 39.2 Å². The first-order valence-electron chi connectivity index (χ1n) is 17.4. The highest BCUT2D eigenvalue weighted by atomic mass is 16.6. The maximum atomic E-state index is 12.9. The predicted molar refractivity (Wildman–Crippen MR) is 167 cm³/mol. The summed E-state index contributed by atoms with van der Waals surface area (Å²) in [7, 11) is 0. The van der Waals surface area contributed by atoms with Gasteiger partial charge in [-0.1, -0.05) is 26.7 Å². The average molecular weight is 654 g/mol. The summed E-state index contributed by atoms with van der Waals surface area (Å²) in [5.74, 6) is -4.14. The van der Waals surface area contributed by atoms with Crippen molar-refractivity contribution < 1.29 is 43.8 Å². The molecule has 0 aromatic heterocycles. The maximum absolute atomic E-state index is 12.9. The highest BCUT2D eigenvalue weighted by Crippen LogP contribution is 2.34.